The number of aliphatic carboxylic acids is 1. The summed E-state index contributed by atoms with van der Waals surface area (Å²) in [6, 6.07) is 7.35. The van der Waals surface area contributed by atoms with Crippen molar-refractivity contribution in [2.75, 3.05) is 0 Å². The molecule has 3 nitrogen and oxygen atoms in total. The summed E-state index contributed by atoms with van der Waals surface area (Å²) in [5.41, 5.74) is 7.82. The highest BCUT2D eigenvalue weighted by molar-refractivity contribution is 5.67. The fourth-order valence-corrected chi connectivity index (χ4v) is 1.35. The first-order chi connectivity index (χ1) is 6.63. The van der Waals surface area contributed by atoms with Gasteiger partial charge in [0, 0.05) is 6.04 Å². The van der Waals surface area contributed by atoms with Crippen molar-refractivity contribution in [3.63, 3.8) is 0 Å². The van der Waals surface area contributed by atoms with Gasteiger partial charge in [0.15, 0.2) is 0 Å². The second kappa shape index (κ2) is 4.77. The summed E-state index contributed by atoms with van der Waals surface area (Å²) in [6.07, 6.45) is 0.917. The van der Waals surface area contributed by atoms with Crippen LogP contribution in [0.25, 0.3) is 0 Å². The molecule has 0 aliphatic carbocycles. The molecule has 0 aliphatic rings. The Balaban J connectivity index is 2.78. The Morgan fingerprint density at radius 3 is 2.86 bits per heavy atom. The van der Waals surface area contributed by atoms with Gasteiger partial charge in [-0.15, -0.1) is 0 Å². The molecule has 76 valence electrons. The van der Waals surface area contributed by atoms with Gasteiger partial charge in [0.25, 0.3) is 0 Å². The van der Waals surface area contributed by atoms with E-state index in [1.807, 2.05) is 24.3 Å². The molecule has 0 spiro atoms. The van der Waals surface area contributed by atoms with Crippen LogP contribution in [0.2, 0.25) is 0 Å². The Hall–Kier alpha value is -1.35. The zero-order valence-electron chi connectivity index (χ0n) is 8.23. The monoisotopic (exact) mass is 193 g/mol. The van der Waals surface area contributed by atoms with Gasteiger partial charge in [-0.1, -0.05) is 31.2 Å². The molecular formula is C11H15NO2. The quantitative estimate of drug-likeness (QED) is 0.765. The number of carboxylic acid groups (broad SMARTS) is 1. The molecule has 0 heterocycles. The minimum absolute atomic E-state index is 0.0207. The first-order valence-corrected chi connectivity index (χ1v) is 4.69. The van der Waals surface area contributed by atoms with Crippen LogP contribution in [-0.4, -0.2) is 11.1 Å². The number of benzene rings is 1. The summed E-state index contributed by atoms with van der Waals surface area (Å²) in [7, 11) is 0. The number of rotatable bonds is 4. The maximum atomic E-state index is 10.5. The Bertz CT molecular complexity index is 323. The lowest BCUT2D eigenvalue weighted by Crippen LogP contribution is -2.15. The number of hydrogen-bond donors (Lipinski definition) is 2. The SMILES string of the molecule is CCc1cccc([C@@H](N)CC(=O)O)c1. The number of carbonyl (C=O) groups is 1. The zero-order chi connectivity index (χ0) is 10.6. The van der Waals surface area contributed by atoms with Crippen molar-refractivity contribution in [1.29, 1.82) is 0 Å². The van der Waals surface area contributed by atoms with Gasteiger partial charge in [0.2, 0.25) is 0 Å². The molecule has 1 atom stereocenters. The molecule has 3 heteroatoms. The van der Waals surface area contributed by atoms with E-state index in [0.717, 1.165) is 12.0 Å². The molecule has 1 rings (SSSR count). The van der Waals surface area contributed by atoms with Gasteiger partial charge >= 0.3 is 5.97 Å². The van der Waals surface area contributed by atoms with Crippen molar-refractivity contribution in [1.82, 2.24) is 0 Å². The molecule has 0 fully saturated rings. The number of hydrogen-bond acceptors (Lipinski definition) is 2. The molecule has 3 N–H and O–H groups in total. The summed E-state index contributed by atoms with van der Waals surface area (Å²) in [5, 5.41) is 8.59. The third-order valence-corrected chi connectivity index (χ3v) is 2.18. The molecule has 0 aromatic heterocycles. The molecule has 0 unspecified atom stereocenters. The van der Waals surface area contributed by atoms with E-state index in [1.54, 1.807) is 0 Å². The lowest BCUT2D eigenvalue weighted by atomic mass is 10.0. The third kappa shape index (κ3) is 2.85. The van der Waals surface area contributed by atoms with Crippen molar-refractivity contribution in [2.24, 2.45) is 5.73 Å². The Labute approximate surface area is 83.6 Å². The topological polar surface area (TPSA) is 63.3 Å². The van der Waals surface area contributed by atoms with Crippen molar-refractivity contribution in [3.05, 3.63) is 35.4 Å². The number of carboxylic acids is 1. The van der Waals surface area contributed by atoms with Crippen LogP contribution in [0.3, 0.4) is 0 Å². The summed E-state index contributed by atoms with van der Waals surface area (Å²) < 4.78 is 0. The second-order valence-electron chi connectivity index (χ2n) is 3.30. The molecular weight excluding hydrogens is 178 g/mol. The first-order valence-electron chi connectivity index (χ1n) is 4.69. The van der Waals surface area contributed by atoms with Crippen LogP contribution in [0.1, 0.15) is 30.5 Å². The van der Waals surface area contributed by atoms with Crippen LogP contribution in [0.4, 0.5) is 0 Å². The predicted octanol–water partition coefficient (Wildman–Crippen LogP) is 1.72. The molecule has 0 aliphatic heterocycles. The fourth-order valence-electron chi connectivity index (χ4n) is 1.35. The lowest BCUT2D eigenvalue weighted by Gasteiger charge is -2.10. The van der Waals surface area contributed by atoms with Crippen LogP contribution < -0.4 is 5.73 Å². The van der Waals surface area contributed by atoms with Gasteiger partial charge in [0.1, 0.15) is 0 Å². The van der Waals surface area contributed by atoms with Gasteiger partial charge in [-0.25, -0.2) is 0 Å². The summed E-state index contributed by atoms with van der Waals surface area (Å²) in [4.78, 5) is 10.5. The van der Waals surface area contributed by atoms with Crippen molar-refractivity contribution in [2.45, 2.75) is 25.8 Å². The van der Waals surface area contributed by atoms with E-state index in [-0.39, 0.29) is 6.42 Å². The number of aryl methyl sites for hydroxylation is 1. The molecule has 0 saturated carbocycles. The van der Waals surface area contributed by atoms with Gasteiger partial charge < -0.3 is 10.8 Å². The van der Waals surface area contributed by atoms with Crippen molar-refractivity contribution in [3.8, 4) is 0 Å². The third-order valence-electron chi connectivity index (χ3n) is 2.18. The standard InChI is InChI=1S/C11H15NO2/c1-2-8-4-3-5-9(6-8)10(12)7-11(13)14/h3-6,10H,2,7,12H2,1H3,(H,13,14)/t10-/m0/s1. The van der Waals surface area contributed by atoms with E-state index in [0.29, 0.717) is 0 Å². The zero-order valence-corrected chi connectivity index (χ0v) is 8.23. The highest BCUT2D eigenvalue weighted by Gasteiger charge is 2.10. The molecule has 14 heavy (non-hydrogen) atoms. The summed E-state index contributed by atoms with van der Waals surface area (Å²) in [5.74, 6) is -0.862. The van der Waals surface area contributed by atoms with Gasteiger partial charge in [-0.3, -0.25) is 4.79 Å². The first kappa shape index (κ1) is 10.7. The van der Waals surface area contributed by atoms with Crippen LogP contribution in [-0.2, 0) is 11.2 Å². The van der Waals surface area contributed by atoms with Crippen molar-refractivity contribution < 1.29 is 9.90 Å². The Morgan fingerprint density at radius 1 is 1.57 bits per heavy atom. The van der Waals surface area contributed by atoms with Gasteiger partial charge in [-0.2, -0.15) is 0 Å². The molecule has 0 bridgehead atoms. The van der Waals surface area contributed by atoms with E-state index in [9.17, 15) is 4.79 Å². The molecule has 1 aromatic carbocycles. The molecule has 0 radical (unpaired) electrons. The van der Waals surface area contributed by atoms with E-state index in [1.165, 1.54) is 5.56 Å². The predicted molar refractivity (Wildman–Crippen MR) is 55.0 cm³/mol. The van der Waals surface area contributed by atoms with Crippen LogP contribution in [0.5, 0.6) is 0 Å². The molecule has 0 saturated heterocycles. The lowest BCUT2D eigenvalue weighted by molar-refractivity contribution is -0.137. The highest BCUT2D eigenvalue weighted by Crippen LogP contribution is 2.15. The van der Waals surface area contributed by atoms with Crippen LogP contribution in [0.15, 0.2) is 24.3 Å². The van der Waals surface area contributed by atoms with E-state index < -0.39 is 12.0 Å². The van der Waals surface area contributed by atoms with Crippen molar-refractivity contribution >= 4 is 5.97 Å². The van der Waals surface area contributed by atoms with Gasteiger partial charge in [-0.05, 0) is 17.5 Å². The fraction of sp³-hybridized carbons (Fsp3) is 0.364. The van der Waals surface area contributed by atoms with E-state index in [2.05, 4.69) is 6.92 Å². The Morgan fingerprint density at radius 2 is 2.29 bits per heavy atom. The average Bonchev–Trinajstić information content (AvgIpc) is 2.17. The maximum Gasteiger partial charge on any atom is 0.305 e. The smallest absolute Gasteiger partial charge is 0.305 e. The maximum absolute atomic E-state index is 10.5. The summed E-state index contributed by atoms with van der Waals surface area (Å²) >= 11 is 0. The average molecular weight is 193 g/mol. The Kier molecular flexibility index (Phi) is 3.65. The van der Waals surface area contributed by atoms with Gasteiger partial charge in [0.05, 0.1) is 6.42 Å². The second-order valence-corrected chi connectivity index (χ2v) is 3.30. The van der Waals surface area contributed by atoms with E-state index >= 15 is 0 Å². The minimum Gasteiger partial charge on any atom is -0.481 e. The number of nitrogens with two attached hydrogens (primary N) is 1. The van der Waals surface area contributed by atoms with Crippen LogP contribution in [0, 0.1) is 0 Å². The minimum atomic E-state index is -0.862. The molecule has 0 amide bonds. The summed E-state index contributed by atoms with van der Waals surface area (Å²) in [6.45, 7) is 2.06. The molecule has 1 aromatic rings. The van der Waals surface area contributed by atoms with E-state index in [4.69, 9.17) is 10.8 Å². The van der Waals surface area contributed by atoms with Crippen LogP contribution >= 0.6 is 0 Å². The highest BCUT2D eigenvalue weighted by atomic mass is 16.4. The largest absolute Gasteiger partial charge is 0.481 e. The normalized spacial score (nSPS) is 12.4.